The monoisotopic (exact) mass is 277 g/mol. The van der Waals surface area contributed by atoms with E-state index < -0.39 is 5.60 Å². The van der Waals surface area contributed by atoms with Gasteiger partial charge in [0, 0.05) is 30.1 Å². The van der Waals surface area contributed by atoms with E-state index in [-0.39, 0.29) is 0 Å². The summed E-state index contributed by atoms with van der Waals surface area (Å²) in [6, 6.07) is 3.78. The maximum Gasteiger partial charge on any atom is 0.136 e. The van der Waals surface area contributed by atoms with Crippen LogP contribution in [0.5, 0.6) is 0 Å². The summed E-state index contributed by atoms with van der Waals surface area (Å²) in [4.78, 5) is 4.06. The molecule has 5 heteroatoms. The van der Waals surface area contributed by atoms with Gasteiger partial charge in [-0.15, -0.1) is 0 Å². The maximum absolute atomic E-state index is 10.1. The summed E-state index contributed by atoms with van der Waals surface area (Å²) in [6.45, 7) is 0.731. The summed E-state index contributed by atoms with van der Waals surface area (Å²) in [7, 11) is 0. The number of rotatable bonds is 4. The molecule has 0 aliphatic heterocycles. The molecule has 0 saturated heterocycles. The maximum atomic E-state index is 10.1. The molecule has 2 aromatic heterocycles. The quantitative estimate of drug-likeness (QED) is 0.874. The Morgan fingerprint density at radius 1 is 1.42 bits per heavy atom. The molecule has 1 N–H and O–H groups in total. The van der Waals surface area contributed by atoms with Crippen molar-refractivity contribution in [3.8, 4) is 11.1 Å². The van der Waals surface area contributed by atoms with E-state index in [1.807, 2.05) is 23.0 Å². The molecule has 1 saturated carbocycles. The van der Waals surface area contributed by atoms with Crippen molar-refractivity contribution in [1.29, 1.82) is 0 Å². The Morgan fingerprint density at radius 3 is 2.95 bits per heavy atom. The van der Waals surface area contributed by atoms with Crippen LogP contribution in [0.1, 0.15) is 25.7 Å². The van der Waals surface area contributed by atoms with E-state index in [1.54, 1.807) is 12.4 Å². The van der Waals surface area contributed by atoms with Crippen molar-refractivity contribution in [2.45, 2.75) is 37.8 Å². The fourth-order valence-corrected chi connectivity index (χ4v) is 2.61. The molecular weight excluding hydrogens is 262 g/mol. The van der Waals surface area contributed by atoms with Crippen LogP contribution in [-0.2, 0) is 6.54 Å². The van der Waals surface area contributed by atoms with Gasteiger partial charge in [-0.25, -0.2) is 4.98 Å². The average molecular weight is 278 g/mol. The summed E-state index contributed by atoms with van der Waals surface area (Å²) >= 11 is 6.06. The lowest BCUT2D eigenvalue weighted by atomic mass is 9.78. The highest BCUT2D eigenvalue weighted by Crippen LogP contribution is 2.35. The molecule has 0 atom stereocenters. The number of aliphatic hydroxyl groups is 1. The first-order valence-electron chi connectivity index (χ1n) is 6.52. The molecule has 0 radical (unpaired) electrons. The van der Waals surface area contributed by atoms with E-state index in [4.69, 9.17) is 11.6 Å². The van der Waals surface area contributed by atoms with E-state index >= 15 is 0 Å². The van der Waals surface area contributed by atoms with Crippen LogP contribution < -0.4 is 0 Å². The second-order valence-corrected chi connectivity index (χ2v) is 5.52. The van der Waals surface area contributed by atoms with Crippen molar-refractivity contribution in [2.75, 3.05) is 0 Å². The lowest BCUT2D eigenvalue weighted by molar-refractivity contribution is -0.0438. The Bertz CT molecular complexity index is 578. The van der Waals surface area contributed by atoms with E-state index in [0.717, 1.165) is 43.4 Å². The third kappa shape index (κ3) is 2.65. The summed E-state index contributed by atoms with van der Waals surface area (Å²) in [5.74, 6) is 0. The normalized spacial score (nSPS) is 17.2. The van der Waals surface area contributed by atoms with Gasteiger partial charge in [0.1, 0.15) is 5.15 Å². The molecule has 0 spiro atoms. The molecule has 1 aliphatic carbocycles. The number of aryl methyl sites for hydroxylation is 1. The van der Waals surface area contributed by atoms with Crippen molar-refractivity contribution in [2.24, 2.45) is 0 Å². The van der Waals surface area contributed by atoms with E-state index in [9.17, 15) is 5.11 Å². The zero-order chi connectivity index (χ0) is 13.3. The summed E-state index contributed by atoms with van der Waals surface area (Å²) in [5, 5.41) is 14.9. The molecule has 2 aromatic rings. The molecule has 1 aliphatic rings. The largest absolute Gasteiger partial charge is 0.390 e. The highest BCUT2D eigenvalue weighted by molar-refractivity contribution is 6.32. The van der Waals surface area contributed by atoms with Crippen LogP contribution in [0.15, 0.2) is 30.7 Å². The minimum absolute atomic E-state index is 0.460. The number of hydrogen-bond acceptors (Lipinski definition) is 3. The molecule has 0 amide bonds. The van der Waals surface area contributed by atoms with Gasteiger partial charge in [0.25, 0.3) is 0 Å². The Balaban J connectivity index is 1.71. The molecule has 0 unspecified atom stereocenters. The van der Waals surface area contributed by atoms with Gasteiger partial charge in [0.2, 0.25) is 0 Å². The van der Waals surface area contributed by atoms with E-state index in [2.05, 4.69) is 10.1 Å². The summed E-state index contributed by atoms with van der Waals surface area (Å²) in [6.07, 6.45) is 9.12. The Morgan fingerprint density at radius 2 is 2.26 bits per heavy atom. The van der Waals surface area contributed by atoms with Gasteiger partial charge in [0.05, 0.1) is 11.8 Å². The molecule has 3 rings (SSSR count). The minimum Gasteiger partial charge on any atom is -0.390 e. The Labute approximate surface area is 117 Å². The predicted molar refractivity (Wildman–Crippen MR) is 73.9 cm³/mol. The van der Waals surface area contributed by atoms with Crippen molar-refractivity contribution in [1.82, 2.24) is 14.8 Å². The lowest BCUT2D eigenvalue weighted by Gasteiger charge is -2.36. The van der Waals surface area contributed by atoms with Gasteiger partial charge in [-0.1, -0.05) is 11.6 Å². The van der Waals surface area contributed by atoms with Crippen LogP contribution in [0.4, 0.5) is 0 Å². The van der Waals surface area contributed by atoms with Crippen molar-refractivity contribution in [3.63, 3.8) is 0 Å². The van der Waals surface area contributed by atoms with Crippen molar-refractivity contribution >= 4 is 11.6 Å². The fraction of sp³-hybridized carbons (Fsp3) is 0.429. The van der Waals surface area contributed by atoms with E-state index in [1.165, 1.54) is 0 Å². The van der Waals surface area contributed by atoms with E-state index in [0.29, 0.717) is 5.15 Å². The van der Waals surface area contributed by atoms with Gasteiger partial charge in [-0.3, -0.25) is 4.68 Å². The lowest BCUT2D eigenvalue weighted by Crippen LogP contribution is -2.37. The summed E-state index contributed by atoms with van der Waals surface area (Å²) < 4.78 is 1.86. The molecule has 4 nitrogen and oxygen atoms in total. The van der Waals surface area contributed by atoms with Gasteiger partial charge >= 0.3 is 0 Å². The highest BCUT2D eigenvalue weighted by Gasteiger charge is 2.33. The number of hydrogen-bond donors (Lipinski definition) is 1. The first-order valence-corrected chi connectivity index (χ1v) is 6.90. The highest BCUT2D eigenvalue weighted by atomic mass is 35.5. The van der Waals surface area contributed by atoms with Gasteiger partial charge in [-0.05, 0) is 37.8 Å². The van der Waals surface area contributed by atoms with Crippen LogP contribution in [0.2, 0.25) is 5.15 Å². The second kappa shape index (κ2) is 4.94. The van der Waals surface area contributed by atoms with Crippen molar-refractivity contribution in [3.05, 3.63) is 35.9 Å². The smallest absolute Gasteiger partial charge is 0.136 e. The second-order valence-electron chi connectivity index (χ2n) is 5.16. The third-order valence-electron chi connectivity index (χ3n) is 3.79. The molecular formula is C14H16ClN3O. The summed E-state index contributed by atoms with van der Waals surface area (Å²) in [5.41, 5.74) is 1.38. The first kappa shape index (κ1) is 12.6. The predicted octanol–water partition coefficient (Wildman–Crippen LogP) is 2.90. The van der Waals surface area contributed by atoms with Crippen LogP contribution in [-0.4, -0.2) is 25.5 Å². The Kier molecular flexibility index (Phi) is 3.29. The van der Waals surface area contributed by atoms with Gasteiger partial charge in [-0.2, -0.15) is 5.10 Å². The molecule has 0 bridgehead atoms. The first-order chi connectivity index (χ1) is 9.16. The number of halogens is 1. The molecule has 19 heavy (non-hydrogen) atoms. The molecule has 2 heterocycles. The van der Waals surface area contributed by atoms with Crippen LogP contribution in [0, 0.1) is 0 Å². The van der Waals surface area contributed by atoms with Gasteiger partial charge in [0.15, 0.2) is 0 Å². The van der Waals surface area contributed by atoms with Crippen LogP contribution >= 0.6 is 11.6 Å². The SMILES string of the molecule is OC1(CCn2cc(-c3cccnc3Cl)cn2)CCC1. The Hall–Kier alpha value is -1.39. The zero-order valence-corrected chi connectivity index (χ0v) is 11.3. The van der Waals surface area contributed by atoms with Crippen molar-refractivity contribution < 1.29 is 5.11 Å². The average Bonchev–Trinajstić information content (AvgIpc) is 2.83. The van der Waals surface area contributed by atoms with Gasteiger partial charge < -0.3 is 5.11 Å². The zero-order valence-electron chi connectivity index (χ0n) is 10.6. The number of nitrogens with zero attached hydrogens (tertiary/aromatic N) is 3. The number of aromatic nitrogens is 3. The molecule has 0 aromatic carbocycles. The fourth-order valence-electron chi connectivity index (χ4n) is 2.38. The van der Waals surface area contributed by atoms with Crippen LogP contribution in [0.3, 0.4) is 0 Å². The molecule has 100 valence electrons. The number of pyridine rings is 1. The topological polar surface area (TPSA) is 50.9 Å². The standard InChI is InChI=1S/C14H16ClN3O/c15-13-12(3-1-7-16-13)11-9-17-18(10-11)8-6-14(19)4-2-5-14/h1,3,7,9-10,19H,2,4-6,8H2. The minimum atomic E-state index is -0.460. The molecule has 1 fully saturated rings. The third-order valence-corrected chi connectivity index (χ3v) is 4.10. The van der Waals surface area contributed by atoms with Crippen LogP contribution in [0.25, 0.3) is 11.1 Å².